The Morgan fingerprint density at radius 3 is 2.62 bits per heavy atom. The second kappa shape index (κ2) is 6.16. The van der Waals surface area contributed by atoms with Crippen molar-refractivity contribution in [2.75, 3.05) is 20.1 Å². The average molecular weight is 323 g/mol. The number of piperidine rings is 1. The molecule has 0 bridgehead atoms. The smallest absolute Gasteiger partial charge is 0.181 e. The van der Waals surface area contributed by atoms with E-state index in [1.807, 2.05) is 23.0 Å². The van der Waals surface area contributed by atoms with Crippen LogP contribution < -0.4 is 0 Å². The number of hydrogen-bond donors (Lipinski definition) is 1. The van der Waals surface area contributed by atoms with Gasteiger partial charge in [0.05, 0.1) is 12.2 Å². The third-order valence-corrected chi connectivity index (χ3v) is 4.61. The highest BCUT2D eigenvalue weighted by Gasteiger charge is 2.20. The maximum absolute atomic E-state index is 4.56. The summed E-state index contributed by atoms with van der Waals surface area (Å²) < 4.78 is 1.97. The fraction of sp³-hybridized carbons (Fsp3) is 0.412. The molecule has 4 rings (SSSR count). The molecule has 7 heteroatoms. The third kappa shape index (κ3) is 2.94. The summed E-state index contributed by atoms with van der Waals surface area (Å²) in [4.78, 5) is 6.91. The molecular weight excluding hydrogens is 302 g/mol. The van der Waals surface area contributed by atoms with Crippen LogP contribution >= 0.6 is 0 Å². The lowest BCUT2D eigenvalue weighted by atomic mass is 10.1. The van der Waals surface area contributed by atoms with Gasteiger partial charge in [0.1, 0.15) is 5.69 Å². The van der Waals surface area contributed by atoms with Crippen molar-refractivity contribution >= 4 is 0 Å². The quantitative estimate of drug-likeness (QED) is 0.800. The Morgan fingerprint density at radius 1 is 1.12 bits per heavy atom. The lowest BCUT2D eigenvalue weighted by molar-refractivity contribution is 0.210. The Hall–Kier alpha value is -2.54. The van der Waals surface area contributed by atoms with Crippen molar-refractivity contribution in [2.45, 2.75) is 25.8 Å². The van der Waals surface area contributed by atoms with Gasteiger partial charge in [0.15, 0.2) is 11.6 Å². The van der Waals surface area contributed by atoms with Gasteiger partial charge >= 0.3 is 0 Å². The van der Waals surface area contributed by atoms with E-state index in [0.29, 0.717) is 17.7 Å². The summed E-state index contributed by atoms with van der Waals surface area (Å²) in [5, 5.41) is 15.8. The van der Waals surface area contributed by atoms with E-state index in [9.17, 15) is 0 Å². The predicted molar refractivity (Wildman–Crippen MR) is 91.3 cm³/mol. The zero-order valence-corrected chi connectivity index (χ0v) is 14.0. The number of aryl methyl sites for hydroxylation is 1. The van der Waals surface area contributed by atoms with Crippen LogP contribution in [0, 0.1) is 6.92 Å². The van der Waals surface area contributed by atoms with Gasteiger partial charge in [-0.1, -0.05) is 35.0 Å². The third-order valence-electron chi connectivity index (χ3n) is 4.61. The second-order valence-corrected chi connectivity index (χ2v) is 6.49. The zero-order chi connectivity index (χ0) is 16.5. The van der Waals surface area contributed by atoms with Crippen molar-refractivity contribution in [3.8, 4) is 22.9 Å². The largest absolute Gasteiger partial charge is 0.306 e. The predicted octanol–water partition coefficient (Wildman–Crippen LogP) is 2.31. The van der Waals surface area contributed by atoms with E-state index in [2.05, 4.69) is 56.5 Å². The standard InChI is InChI=1S/C17H21N7/c1-12-3-5-13(6-4-12)16-18-17(21-20-16)15-11-24(22-19-15)14-7-9-23(2)10-8-14/h3-6,11,14H,7-10H2,1-2H3,(H,18,20,21). The number of aromatic nitrogens is 6. The minimum atomic E-state index is 0.418. The van der Waals surface area contributed by atoms with Crippen LogP contribution in [0.1, 0.15) is 24.4 Å². The molecule has 1 aromatic carbocycles. The fourth-order valence-corrected chi connectivity index (χ4v) is 3.03. The van der Waals surface area contributed by atoms with Gasteiger partial charge in [-0.2, -0.15) is 5.10 Å². The summed E-state index contributed by atoms with van der Waals surface area (Å²) in [6, 6.07) is 8.58. The Morgan fingerprint density at radius 2 is 1.88 bits per heavy atom. The number of hydrogen-bond acceptors (Lipinski definition) is 5. The second-order valence-electron chi connectivity index (χ2n) is 6.49. The van der Waals surface area contributed by atoms with Crippen LogP contribution in [0.25, 0.3) is 22.9 Å². The lowest BCUT2D eigenvalue weighted by Gasteiger charge is -2.28. The van der Waals surface area contributed by atoms with Crippen LogP contribution in [0.4, 0.5) is 0 Å². The molecule has 3 heterocycles. The van der Waals surface area contributed by atoms with Gasteiger partial charge < -0.3 is 4.90 Å². The Bertz CT molecular complexity index is 810. The maximum atomic E-state index is 4.56. The SMILES string of the molecule is Cc1ccc(-c2n[nH]c(-c3cn(C4CCN(C)CC4)nn3)n2)cc1. The van der Waals surface area contributed by atoms with E-state index in [1.54, 1.807) is 0 Å². The summed E-state index contributed by atoms with van der Waals surface area (Å²) in [6.07, 6.45) is 4.17. The number of H-pyrrole nitrogens is 1. The van der Waals surface area contributed by atoms with Gasteiger partial charge in [-0.25, -0.2) is 9.67 Å². The van der Waals surface area contributed by atoms with Gasteiger partial charge in [-0.05, 0) is 39.9 Å². The molecule has 0 amide bonds. The van der Waals surface area contributed by atoms with Crippen LogP contribution in [0.2, 0.25) is 0 Å². The number of nitrogens with zero attached hydrogens (tertiary/aromatic N) is 6. The van der Waals surface area contributed by atoms with Crippen LogP contribution in [0.5, 0.6) is 0 Å². The number of aromatic amines is 1. The molecule has 1 N–H and O–H groups in total. The number of rotatable bonds is 3. The molecule has 3 aromatic rings. The van der Waals surface area contributed by atoms with E-state index in [4.69, 9.17) is 0 Å². The van der Waals surface area contributed by atoms with Gasteiger partial charge in [0.2, 0.25) is 0 Å². The van der Waals surface area contributed by atoms with Crippen molar-refractivity contribution in [3.63, 3.8) is 0 Å². The van der Waals surface area contributed by atoms with Crippen LogP contribution in [-0.4, -0.2) is 55.2 Å². The summed E-state index contributed by atoms with van der Waals surface area (Å²) in [5.41, 5.74) is 2.95. The first-order valence-electron chi connectivity index (χ1n) is 8.29. The molecule has 24 heavy (non-hydrogen) atoms. The van der Waals surface area contributed by atoms with Crippen molar-refractivity contribution in [1.29, 1.82) is 0 Å². The van der Waals surface area contributed by atoms with E-state index in [0.717, 1.165) is 37.2 Å². The van der Waals surface area contributed by atoms with Crippen molar-refractivity contribution < 1.29 is 0 Å². The molecule has 2 aromatic heterocycles. The minimum absolute atomic E-state index is 0.418. The minimum Gasteiger partial charge on any atom is -0.306 e. The highest BCUT2D eigenvalue weighted by Crippen LogP contribution is 2.23. The first kappa shape index (κ1) is 15.0. The molecule has 0 radical (unpaired) electrons. The molecule has 0 spiro atoms. The lowest BCUT2D eigenvalue weighted by Crippen LogP contribution is -2.31. The molecule has 1 aliphatic heterocycles. The van der Waals surface area contributed by atoms with Crippen LogP contribution in [-0.2, 0) is 0 Å². The topological polar surface area (TPSA) is 75.5 Å². The molecule has 1 aliphatic rings. The van der Waals surface area contributed by atoms with Crippen LogP contribution in [0.3, 0.4) is 0 Å². The number of benzene rings is 1. The van der Waals surface area contributed by atoms with E-state index >= 15 is 0 Å². The van der Waals surface area contributed by atoms with E-state index in [-0.39, 0.29) is 0 Å². The summed E-state index contributed by atoms with van der Waals surface area (Å²) in [6.45, 7) is 4.26. The molecule has 0 aliphatic carbocycles. The maximum Gasteiger partial charge on any atom is 0.181 e. The molecular formula is C17H21N7. The van der Waals surface area contributed by atoms with Gasteiger partial charge in [-0.15, -0.1) is 5.10 Å². The Kier molecular flexibility index (Phi) is 3.86. The Labute approximate surface area is 140 Å². The number of nitrogens with one attached hydrogen (secondary N) is 1. The van der Waals surface area contributed by atoms with Crippen molar-refractivity contribution in [2.24, 2.45) is 0 Å². The molecule has 1 saturated heterocycles. The Balaban J connectivity index is 1.54. The van der Waals surface area contributed by atoms with Crippen LogP contribution in [0.15, 0.2) is 30.5 Å². The highest BCUT2D eigenvalue weighted by atomic mass is 15.4. The van der Waals surface area contributed by atoms with Gasteiger partial charge in [-0.3, -0.25) is 5.10 Å². The van der Waals surface area contributed by atoms with E-state index in [1.165, 1.54) is 5.56 Å². The molecule has 1 fully saturated rings. The summed E-state index contributed by atoms with van der Waals surface area (Å²) in [7, 11) is 2.16. The van der Waals surface area contributed by atoms with Crippen molar-refractivity contribution in [3.05, 3.63) is 36.0 Å². The highest BCUT2D eigenvalue weighted by molar-refractivity contribution is 5.58. The molecule has 7 nitrogen and oxygen atoms in total. The van der Waals surface area contributed by atoms with Crippen molar-refractivity contribution in [1.82, 2.24) is 35.1 Å². The molecule has 0 saturated carbocycles. The monoisotopic (exact) mass is 323 g/mol. The number of likely N-dealkylation sites (tertiary alicyclic amines) is 1. The normalized spacial score (nSPS) is 16.6. The first-order chi connectivity index (χ1) is 11.7. The summed E-state index contributed by atoms with van der Waals surface area (Å²) in [5.74, 6) is 1.34. The molecule has 124 valence electrons. The zero-order valence-electron chi connectivity index (χ0n) is 14.0. The first-order valence-corrected chi connectivity index (χ1v) is 8.29. The fourth-order valence-electron chi connectivity index (χ4n) is 3.03. The summed E-state index contributed by atoms with van der Waals surface area (Å²) >= 11 is 0. The van der Waals surface area contributed by atoms with E-state index < -0.39 is 0 Å². The molecule has 0 atom stereocenters. The molecule has 0 unspecified atom stereocenters. The van der Waals surface area contributed by atoms with Gasteiger partial charge in [0, 0.05) is 5.56 Å². The average Bonchev–Trinajstić information content (AvgIpc) is 3.25. The van der Waals surface area contributed by atoms with Gasteiger partial charge in [0.25, 0.3) is 0 Å².